The Morgan fingerprint density at radius 3 is 1.90 bits per heavy atom. The Hall–Kier alpha value is -0.110. The fourth-order valence-corrected chi connectivity index (χ4v) is 2.05. The maximum atomic E-state index is 5.19. The van der Waals surface area contributed by atoms with Crippen molar-refractivity contribution < 1.29 is 0 Å². The van der Waals surface area contributed by atoms with Gasteiger partial charge in [0, 0.05) is 11.0 Å². The van der Waals surface area contributed by atoms with Crippen LogP contribution in [-0.4, -0.2) is 10.5 Å². The van der Waals surface area contributed by atoms with Gasteiger partial charge in [0.05, 0.1) is 4.99 Å². The quantitative estimate of drug-likeness (QED) is 0.540. The highest BCUT2D eigenvalue weighted by Gasteiger charge is 2.40. The van der Waals surface area contributed by atoms with Gasteiger partial charge >= 0.3 is 0 Å². The molecule has 1 heterocycles. The molecule has 0 aliphatic carbocycles. The monoisotopic (exact) mass is 157 g/mol. The summed E-state index contributed by atoms with van der Waals surface area (Å²) >= 11 is 5.19. The van der Waals surface area contributed by atoms with Crippen LogP contribution >= 0.6 is 12.2 Å². The summed E-state index contributed by atoms with van der Waals surface area (Å²) in [5.74, 6) is 0. The van der Waals surface area contributed by atoms with Crippen molar-refractivity contribution in [3.63, 3.8) is 0 Å². The summed E-state index contributed by atoms with van der Waals surface area (Å²) in [6, 6.07) is 0. The third-order valence-corrected chi connectivity index (χ3v) is 2.61. The van der Waals surface area contributed by atoms with Gasteiger partial charge in [-0.25, -0.2) is 0 Å². The molecule has 0 amide bonds. The van der Waals surface area contributed by atoms with Crippen LogP contribution in [0.1, 0.15) is 34.1 Å². The molecule has 0 aromatic carbocycles. The van der Waals surface area contributed by atoms with Crippen LogP contribution in [0, 0.1) is 5.41 Å². The minimum atomic E-state index is 0.207. The zero-order valence-corrected chi connectivity index (χ0v) is 7.93. The zero-order chi connectivity index (χ0) is 7.99. The fourth-order valence-electron chi connectivity index (χ4n) is 1.71. The minimum Gasteiger partial charge on any atom is -0.374 e. The van der Waals surface area contributed by atoms with Crippen molar-refractivity contribution in [1.29, 1.82) is 0 Å². The summed E-state index contributed by atoms with van der Waals surface area (Å²) < 4.78 is 0. The first-order valence-electron chi connectivity index (χ1n) is 3.66. The lowest BCUT2D eigenvalue weighted by molar-refractivity contribution is 0.387. The second kappa shape index (κ2) is 1.94. The highest BCUT2D eigenvalue weighted by Crippen LogP contribution is 2.35. The molecule has 0 aromatic rings. The molecule has 1 fully saturated rings. The van der Waals surface area contributed by atoms with E-state index in [9.17, 15) is 0 Å². The molecule has 0 radical (unpaired) electrons. The number of rotatable bonds is 0. The van der Waals surface area contributed by atoms with Gasteiger partial charge < -0.3 is 5.32 Å². The Bertz CT molecular complexity index is 170. The lowest BCUT2D eigenvalue weighted by atomic mass is 9.86. The van der Waals surface area contributed by atoms with Gasteiger partial charge in [-0.1, -0.05) is 26.1 Å². The predicted octanol–water partition coefficient (Wildman–Crippen LogP) is 2.11. The molecule has 0 atom stereocenters. The highest BCUT2D eigenvalue weighted by atomic mass is 32.1. The molecule has 0 aromatic heterocycles. The van der Waals surface area contributed by atoms with E-state index < -0.39 is 0 Å². The van der Waals surface area contributed by atoms with Crippen molar-refractivity contribution in [3.05, 3.63) is 0 Å². The van der Waals surface area contributed by atoms with E-state index in [1.165, 1.54) is 0 Å². The van der Waals surface area contributed by atoms with E-state index in [-0.39, 0.29) is 11.0 Å². The molecule has 0 saturated carbocycles. The van der Waals surface area contributed by atoms with Crippen molar-refractivity contribution in [2.45, 2.75) is 39.7 Å². The van der Waals surface area contributed by atoms with E-state index in [0.717, 1.165) is 11.4 Å². The second-order valence-electron chi connectivity index (χ2n) is 4.40. The Kier molecular flexibility index (Phi) is 1.55. The molecular weight excluding hydrogens is 142 g/mol. The molecule has 0 bridgehead atoms. The van der Waals surface area contributed by atoms with Gasteiger partial charge in [-0.05, 0) is 20.3 Å². The number of hydrogen-bond donors (Lipinski definition) is 1. The Balaban J connectivity index is 2.81. The van der Waals surface area contributed by atoms with Gasteiger partial charge in [0.1, 0.15) is 0 Å². The Morgan fingerprint density at radius 1 is 1.30 bits per heavy atom. The van der Waals surface area contributed by atoms with Gasteiger partial charge in [0.2, 0.25) is 0 Å². The third-order valence-electron chi connectivity index (χ3n) is 1.95. The maximum Gasteiger partial charge on any atom is 0.0815 e. The molecule has 1 aliphatic heterocycles. The van der Waals surface area contributed by atoms with Crippen LogP contribution in [0.15, 0.2) is 0 Å². The van der Waals surface area contributed by atoms with Crippen molar-refractivity contribution in [1.82, 2.24) is 5.32 Å². The minimum absolute atomic E-state index is 0.207. The predicted molar refractivity (Wildman–Crippen MR) is 48.2 cm³/mol. The summed E-state index contributed by atoms with van der Waals surface area (Å²) in [5.41, 5.74) is 0.416. The van der Waals surface area contributed by atoms with Gasteiger partial charge in [0.15, 0.2) is 0 Å². The third kappa shape index (κ3) is 1.31. The standard InChI is InChI=1S/C8H15NS/c1-7(2)5-8(3,4)9-6(7)10/h5H2,1-4H3,(H,9,10). The molecule has 0 spiro atoms. The average molecular weight is 157 g/mol. The Morgan fingerprint density at radius 2 is 1.80 bits per heavy atom. The number of nitrogens with one attached hydrogen (secondary N) is 1. The molecule has 1 nitrogen and oxygen atoms in total. The van der Waals surface area contributed by atoms with Crippen LogP contribution in [0.5, 0.6) is 0 Å². The smallest absolute Gasteiger partial charge is 0.0815 e. The average Bonchev–Trinajstić information content (AvgIpc) is 1.73. The first-order chi connectivity index (χ1) is 4.33. The van der Waals surface area contributed by atoms with E-state index >= 15 is 0 Å². The van der Waals surface area contributed by atoms with E-state index in [2.05, 4.69) is 33.0 Å². The SMILES string of the molecule is CC1(C)CC(C)(C)C(=S)N1. The summed E-state index contributed by atoms with van der Waals surface area (Å²) in [5, 5.41) is 3.31. The number of thiocarbonyl (C=S) groups is 1. The van der Waals surface area contributed by atoms with Crippen LogP contribution in [0.25, 0.3) is 0 Å². The molecule has 1 saturated heterocycles. The molecule has 58 valence electrons. The van der Waals surface area contributed by atoms with E-state index in [0.29, 0.717) is 0 Å². The van der Waals surface area contributed by atoms with Crippen molar-refractivity contribution in [3.8, 4) is 0 Å². The van der Waals surface area contributed by atoms with E-state index in [1.807, 2.05) is 0 Å². The molecule has 10 heavy (non-hydrogen) atoms. The van der Waals surface area contributed by atoms with Gasteiger partial charge in [-0.2, -0.15) is 0 Å². The largest absolute Gasteiger partial charge is 0.374 e. The number of hydrogen-bond acceptors (Lipinski definition) is 1. The second-order valence-corrected chi connectivity index (χ2v) is 4.81. The van der Waals surface area contributed by atoms with Crippen LogP contribution in [0.2, 0.25) is 0 Å². The molecule has 2 heteroatoms. The lowest BCUT2D eigenvalue weighted by Gasteiger charge is -2.18. The first-order valence-corrected chi connectivity index (χ1v) is 4.07. The van der Waals surface area contributed by atoms with Crippen molar-refractivity contribution in [2.75, 3.05) is 0 Å². The lowest BCUT2D eigenvalue weighted by Crippen LogP contribution is -2.34. The van der Waals surface area contributed by atoms with E-state index in [4.69, 9.17) is 12.2 Å². The summed E-state index contributed by atoms with van der Waals surface area (Å²) in [7, 11) is 0. The van der Waals surface area contributed by atoms with Gasteiger partial charge in [-0.15, -0.1) is 0 Å². The highest BCUT2D eigenvalue weighted by molar-refractivity contribution is 7.80. The normalized spacial score (nSPS) is 28.2. The summed E-state index contributed by atoms with van der Waals surface area (Å²) in [4.78, 5) is 1.01. The van der Waals surface area contributed by atoms with Crippen LogP contribution in [0.4, 0.5) is 0 Å². The van der Waals surface area contributed by atoms with Crippen LogP contribution in [0.3, 0.4) is 0 Å². The maximum absolute atomic E-state index is 5.19. The van der Waals surface area contributed by atoms with Crippen LogP contribution in [-0.2, 0) is 0 Å². The van der Waals surface area contributed by atoms with Gasteiger partial charge in [-0.3, -0.25) is 0 Å². The molecule has 1 aliphatic rings. The molecule has 0 unspecified atom stereocenters. The zero-order valence-electron chi connectivity index (χ0n) is 7.12. The summed E-state index contributed by atoms with van der Waals surface area (Å²) in [6.07, 6.45) is 1.14. The summed E-state index contributed by atoms with van der Waals surface area (Å²) in [6.45, 7) is 8.76. The van der Waals surface area contributed by atoms with Crippen molar-refractivity contribution >= 4 is 17.2 Å². The fraction of sp³-hybridized carbons (Fsp3) is 0.875. The van der Waals surface area contributed by atoms with Crippen LogP contribution < -0.4 is 5.32 Å². The van der Waals surface area contributed by atoms with Gasteiger partial charge in [0.25, 0.3) is 0 Å². The Labute approximate surface area is 68.2 Å². The molecule has 1 N–H and O–H groups in total. The molecular formula is C8H15NS. The topological polar surface area (TPSA) is 12.0 Å². The molecule has 1 rings (SSSR count). The van der Waals surface area contributed by atoms with Crippen molar-refractivity contribution in [2.24, 2.45) is 5.41 Å². The first kappa shape index (κ1) is 7.99. The van der Waals surface area contributed by atoms with E-state index in [1.54, 1.807) is 0 Å².